The molecule has 30 heavy (non-hydrogen) atoms. The van der Waals surface area contributed by atoms with E-state index in [4.69, 9.17) is 14.2 Å². The monoisotopic (exact) mass is 412 g/mol. The first-order valence-electron chi connectivity index (χ1n) is 9.82. The van der Waals surface area contributed by atoms with Gasteiger partial charge in [0.05, 0.1) is 26.5 Å². The van der Waals surface area contributed by atoms with Crippen molar-refractivity contribution in [1.29, 1.82) is 0 Å². The quantitative estimate of drug-likeness (QED) is 0.456. The summed E-state index contributed by atoms with van der Waals surface area (Å²) in [4.78, 5) is 12.4. The van der Waals surface area contributed by atoms with E-state index in [2.05, 4.69) is 21.4 Å². The lowest BCUT2D eigenvalue weighted by Gasteiger charge is -2.16. The minimum atomic E-state index is -0.407. The van der Waals surface area contributed by atoms with Crippen LogP contribution in [0.3, 0.4) is 0 Å². The van der Waals surface area contributed by atoms with Crippen molar-refractivity contribution in [3.8, 4) is 17.2 Å². The molecule has 2 aromatic carbocycles. The number of rotatable bonds is 8. The van der Waals surface area contributed by atoms with Gasteiger partial charge in [0.15, 0.2) is 11.5 Å². The third-order valence-electron chi connectivity index (χ3n) is 4.65. The first-order chi connectivity index (χ1) is 14.5. The van der Waals surface area contributed by atoms with Crippen LogP contribution in [0.15, 0.2) is 47.6 Å². The molecule has 0 radical (unpaired) electrons. The fourth-order valence-electron chi connectivity index (χ4n) is 3.17. The fraction of sp³-hybridized carbons (Fsp3) is 0.364. The van der Waals surface area contributed by atoms with Gasteiger partial charge < -0.3 is 14.2 Å². The van der Waals surface area contributed by atoms with Crippen LogP contribution in [0.5, 0.6) is 17.2 Å². The van der Waals surface area contributed by atoms with Crippen molar-refractivity contribution in [1.82, 2.24) is 16.3 Å². The van der Waals surface area contributed by atoms with Gasteiger partial charge in [-0.3, -0.25) is 4.79 Å². The standard InChI is InChI=1S/C22H28N4O4/c1-14(2)30-20-9-8-16(11-21(20)29-4)18-12-19(25-24-18)22(27)26-23-13-15-6-5-7-17(10-15)28-3/h5-11,13-14,18-19,24-25H,12H2,1-4H3,(H,26,27)/b23-13+. The van der Waals surface area contributed by atoms with Crippen LogP contribution >= 0.6 is 0 Å². The number of carbonyl (C=O) groups is 1. The van der Waals surface area contributed by atoms with E-state index >= 15 is 0 Å². The second-order valence-electron chi connectivity index (χ2n) is 7.22. The lowest BCUT2D eigenvalue weighted by atomic mass is 10.0. The van der Waals surface area contributed by atoms with E-state index in [-0.39, 0.29) is 18.1 Å². The second kappa shape index (κ2) is 10.1. The van der Waals surface area contributed by atoms with Gasteiger partial charge in [0.25, 0.3) is 5.91 Å². The van der Waals surface area contributed by atoms with Crippen molar-refractivity contribution in [2.24, 2.45) is 5.10 Å². The van der Waals surface area contributed by atoms with Crippen molar-refractivity contribution in [2.45, 2.75) is 38.5 Å². The van der Waals surface area contributed by atoms with Crippen LogP contribution in [0.2, 0.25) is 0 Å². The molecule has 8 heteroatoms. The Morgan fingerprint density at radius 2 is 1.97 bits per heavy atom. The Morgan fingerprint density at radius 3 is 2.70 bits per heavy atom. The second-order valence-corrected chi connectivity index (χ2v) is 7.22. The number of nitrogens with zero attached hydrogens (tertiary/aromatic N) is 1. The topological polar surface area (TPSA) is 93.2 Å². The van der Waals surface area contributed by atoms with Gasteiger partial charge in [-0.2, -0.15) is 5.10 Å². The predicted octanol–water partition coefficient (Wildman–Crippen LogP) is 2.55. The number of methoxy groups -OCH3 is 2. The number of hydrogen-bond acceptors (Lipinski definition) is 7. The Kier molecular flexibility index (Phi) is 7.26. The molecule has 1 heterocycles. The van der Waals surface area contributed by atoms with Gasteiger partial charge >= 0.3 is 0 Å². The first-order valence-corrected chi connectivity index (χ1v) is 9.82. The predicted molar refractivity (Wildman–Crippen MR) is 115 cm³/mol. The van der Waals surface area contributed by atoms with Crippen LogP contribution < -0.4 is 30.5 Å². The molecular formula is C22H28N4O4. The number of nitrogens with one attached hydrogen (secondary N) is 3. The molecule has 160 valence electrons. The summed E-state index contributed by atoms with van der Waals surface area (Å²) in [6.45, 7) is 3.94. The molecule has 2 aromatic rings. The Hall–Kier alpha value is -3.10. The Bertz CT molecular complexity index is 900. The van der Waals surface area contributed by atoms with Crippen LogP contribution in [-0.2, 0) is 4.79 Å². The van der Waals surface area contributed by atoms with Gasteiger partial charge in [-0.15, -0.1) is 0 Å². The zero-order valence-electron chi connectivity index (χ0n) is 17.6. The molecule has 0 saturated carbocycles. The average molecular weight is 412 g/mol. The van der Waals surface area contributed by atoms with E-state index in [1.165, 1.54) is 0 Å². The van der Waals surface area contributed by atoms with Gasteiger partial charge in [-0.25, -0.2) is 16.3 Å². The number of benzene rings is 2. The Labute approximate surface area is 176 Å². The molecular weight excluding hydrogens is 384 g/mol. The molecule has 1 aliphatic heterocycles. The van der Waals surface area contributed by atoms with Crippen LogP contribution in [0.1, 0.15) is 37.4 Å². The molecule has 8 nitrogen and oxygen atoms in total. The van der Waals surface area contributed by atoms with Crippen LogP contribution in [-0.4, -0.2) is 38.5 Å². The third kappa shape index (κ3) is 5.49. The molecule has 0 bridgehead atoms. The lowest BCUT2D eigenvalue weighted by Crippen LogP contribution is -2.41. The van der Waals surface area contributed by atoms with E-state index < -0.39 is 6.04 Å². The number of hydrazine groups is 1. The third-order valence-corrected chi connectivity index (χ3v) is 4.65. The molecule has 0 aromatic heterocycles. The molecule has 2 atom stereocenters. The van der Waals surface area contributed by atoms with Crippen molar-refractivity contribution in [2.75, 3.05) is 14.2 Å². The van der Waals surface area contributed by atoms with Crippen LogP contribution in [0.25, 0.3) is 0 Å². The molecule has 1 amide bonds. The van der Waals surface area contributed by atoms with Gasteiger partial charge in [0, 0.05) is 6.04 Å². The minimum Gasteiger partial charge on any atom is -0.497 e. The van der Waals surface area contributed by atoms with Gasteiger partial charge in [0.2, 0.25) is 0 Å². The minimum absolute atomic E-state index is 0.0369. The fourth-order valence-corrected chi connectivity index (χ4v) is 3.17. The van der Waals surface area contributed by atoms with Crippen LogP contribution in [0, 0.1) is 0 Å². The first kappa shape index (κ1) is 21.6. The van der Waals surface area contributed by atoms with Crippen LogP contribution in [0.4, 0.5) is 0 Å². The summed E-state index contributed by atoms with van der Waals surface area (Å²) >= 11 is 0. The number of hydrogen-bond donors (Lipinski definition) is 3. The summed E-state index contributed by atoms with van der Waals surface area (Å²) in [5, 5.41) is 4.04. The highest BCUT2D eigenvalue weighted by Gasteiger charge is 2.30. The lowest BCUT2D eigenvalue weighted by molar-refractivity contribution is -0.122. The Morgan fingerprint density at radius 1 is 1.13 bits per heavy atom. The molecule has 0 aliphatic carbocycles. The number of ether oxygens (including phenoxy) is 3. The molecule has 3 rings (SSSR count). The average Bonchev–Trinajstić information content (AvgIpc) is 3.24. The SMILES string of the molecule is COc1cccc(/C=N/NC(=O)C2CC(c3ccc(OC(C)C)c(OC)c3)NN2)c1. The molecule has 1 fully saturated rings. The summed E-state index contributed by atoms with van der Waals surface area (Å²) in [6, 6.07) is 12.8. The summed E-state index contributed by atoms with van der Waals surface area (Å²) in [5.74, 6) is 1.88. The van der Waals surface area contributed by atoms with Gasteiger partial charge in [0.1, 0.15) is 11.8 Å². The van der Waals surface area contributed by atoms with E-state index in [1.807, 2.05) is 56.3 Å². The van der Waals surface area contributed by atoms with Crippen molar-refractivity contribution >= 4 is 12.1 Å². The van der Waals surface area contributed by atoms with Crippen molar-refractivity contribution in [3.05, 3.63) is 53.6 Å². The maximum Gasteiger partial charge on any atom is 0.258 e. The van der Waals surface area contributed by atoms with E-state index in [0.29, 0.717) is 17.9 Å². The maximum absolute atomic E-state index is 12.4. The largest absolute Gasteiger partial charge is 0.497 e. The normalized spacial score (nSPS) is 18.6. The van der Waals surface area contributed by atoms with Gasteiger partial charge in [-0.05, 0) is 55.7 Å². The molecule has 1 saturated heterocycles. The van der Waals surface area contributed by atoms with Crippen molar-refractivity contribution in [3.63, 3.8) is 0 Å². The summed E-state index contributed by atoms with van der Waals surface area (Å²) in [6.07, 6.45) is 2.22. The summed E-state index contributed by atoms with van der Waals surface area (Å²) < 4.78 is 16.4. The van der Waals surface area contributed by atoms with Gasteiger partial charge in [-0.1, -0.05) is 18.2 Å². The maximum atomic E-state index is 12.4. The molecule has 2 unspecified atom stereocenters. The summed E-state index contributed by atoms with van der Waals surface area (Å²) in [7, 11) is 3.22. The highest BCUT2D eigenvalue weighted by molar-refractivity contribution is 5.85. The molecule has 1 aliphatic rings. The van der Waals surface area contributed by atoms with E-state index in [0.717, 1.165) is 16.9 Å². The highest BCUT2D eigenvalue weighted by atomic mass is 16.5. The number of amides is 1. The summed E-state index contributed by atoms with van der Waals surface area (Å²) in [5.41, 5.74) is 10.6. The number of hydrazone groups is 1. The van der Waals surface area contributed by atoms with Crippen molar-refractivity contribution < 1.29 is 19.0 Å². The molecule has 3 N–H and O–H groups in total. The molecule has 0 spiro atoms. The van der Waals surface area contributed by atoms with E-state index in [9.17, 15) is 4.79 Å². The highest BCUT2D eigenvalue weighted by Crippen LogP contribution is 2.33. The zero-order chi connectivity index (χ0) is 21.5. The smallest absolute Gasteiger partial charge is 0.258 e. The number of carbonyl (C=O) groups excluding carboxylic acids is 1. The zero-order valence-corrected chi connectivity index (χ0v) is 17.6. The van der Waals surface area contributed by atoms with E-state index in [1.54, 1.807) is 20.4 Å². The Balaban J connectivity index is 1.58.